The van der Waals surface area contributed by atoms with E-state index in [1.807, 2.05) is 0 Å². The molecular formula is C8H7F3N2O. The third-order valence-electron chi connectivity index (χ3n) is 1.83. The minimum atomic E-state index is -4.42. The van der Waals surface area contributed by atoms with Crippen molar-refractivity contribution in [2.45, 2.75) is 6.18 Å². The lowest BCUT2D eigenvalue weighted by Gasteiger charge is -2.19. The molecule has 14 heavy (non-hydrogen) atoms. The van der Waals surface area contributed by atoms with E-state index >= 15 is 0 Å². The van der Waals surface area contributed by atoms with E-state index in [4.69, 9.17) is 4.74 Å². The molecule has 2 heterocycles. The van der Waals surface area contributed by atoms with Crippen molar-refractivity contribution in [2.24, 2.45) is 0 Å². The third kappa shape index (κ3) is 1.59. The molecule has 1 aliphatic heterocycles. The van der Waals surface area contributed by atoms with Crippen LogP contribution >= 0.6 is 0 Å². The standard InChI is InChI=1S/C8H7F3N2O/c9-8(10,11)7-3-6-5(4-13-7)12-1-2-14-6/h3-4,12H,1-2H2. The fourth-order valence-corrected chi connectivity index (χ4v) is 1.19. The van der Waals surface area contributed by atoms with Crippen molar-refractivity contribution in [1.82, 2.24) is 4.98 Å². The molecule has 1 N–H and O–H groups in total. The number of nitrogens with one attached hydrogen (secondary N) is 1. The monoisotopic (exact) mass is 204 g/mol. The highest BCUT2D eigenvalue weighted by Gasteiger charge is 2.33. The molecule has 1 aliphatic rings. The molecule has 0 spiro atoms. The maximum absolute atomic E-state index is 12.2. The second-order valence-electron chi connectivity index (χ2n) is 2.84. The van der Waals surface area contributed by atoms with Crippen LogP contribution in [0.4, 0.5) is 18.9 Å². The van der Waals surface area contributed by atoms with Gasteiger partial charge in [-0.3, -0.25) is 0 Å². The zero-order valence-corrected chi connectivity index (χ0v) is 7.06. The van der Waals surface area contributed by atoms with Gasteiger partial charge < -0.3 is 10.1 Å². The van der Waals surface area contributed by atoms with Gasteiger partial charge in [0.05, 0.1) is 11.9 Å². The third-order valence-corrected chi connectivity index (χ3v) is 1.83. The smallest absolute Gasteiger partial charge is 0.433 e. The number of halogens is 3. The second kappa shape index (κ2) is 3.04. The minimum absolute atomic E-state index is 0.207. The molecule has 1 aromatic rings. The van der Waals surface area contributed by atoms with Crippen molar-refractivity contribution in [1.29, 1.82) is 0 Å². The summed E-state index contributed by atoms with van der Waals surface area (Å²) in [6.45, 7) is 0.953. The highest BCUT2D eigenvalue weighted by Crippen LogP contribution is 2.34. The fraction of sp³-hybridized carbons (Fsp3) is 0.375. The summed E-state index contributed by atoms with van der Waals surface area (Å²) in [6.07, 6.45) is -3.28. The number of anilines is 1. The van der Waals surface area contributed by atoms with Crippen LogP contribution in [-0.4, -0.2) is 18.1 Å². The number of hydrogen-bond acceptors (Lipinski definition) is 3. The second-order valence-corrected chi connectivity index (χ2v) is 2.84. The van der Waals surface area contributed by atoms with Gasteiger partial charge in [-0.05, 0) is 0 Å². The summed E-state index contributed by atoms with van der Waals surface area (Å²) < 4.78 is 41.7. The number of nitrogens with zero attached hydrogens (tertiary/aromatic N) is 1. The number of pyridine rings is 1. The number of alkyl halides is 3. The topological polar surface area (TPSA) is 34.2 Å². The van der Waals surface area contributed by atoms with Crippen molar-refractivity contribution >= 4 is 5.69 Å². The van der Waals surface area contributed by atoms with E-state index in [0.29, 0.717) is 18.8 Å². The Hall–Kier alpha value is -1.46. The van der Waals surface area contributed by atoms with Crippen molar-refractivity contribution in [2.75, 3.05) is 18.5 Å². The van der Waals surface area contributed by atoms with Gasteiger partial charge in [0.2, 0.25) is 0 Å². The molecule has 0 radical (unpaired) electrons. The predicted molar refractivity (Wildman–Crippen MR) is 43.2 cm³/mol. The van der Waals surface area contributed by atoms with Crippen LogP contribution < -0.4 is 10.1 Å². The molecule has 0 unspecified atom stereocenters. The predicted octanol–water partition coefficient (Wildman–Crippen LogP) is 1.90. The molecule has 1 aromatic heterocycles. The summed E-state index contributed by atoms with van der Waals surface area (Å²) >= 11 is 0. The molecule has 0 aromatic carbocycles. The molecular weight excluding hydrogens is 197 g/mol. The normalized spacial score (nSPS) is 15.4. The summed E-state index contributed by atoms with van der Waals surface area (Å²) in [6, 6.07) is 0.904. The minimum Gasteiger partial charge on any atom is -0.489 e. The largest absolute Gasteiger partial charge is 0.489 e. The van der Waals surface area contributed by atoms with E-state index in [-0.39, 0.29) is 5.75 Å². The summed E-state index contributed by atoms with van der Waals surface area (Å²) in [5.74, 6) is 0.207. The van der Waals surface area contributed by atoms with Gasteiger partial charge in [0.25, 0.3) is 0 Å². The Labute approximate surface area is 77.9 Å². The SMILES string of the molecule is FC(F)(F)c1cc2c(cn1)NCCO2. The van der Waals surface area contributed by atoms with E-state index in [1.54, 1.807) is 0 Å². The first-order valence-corrected chi connectivity index (χ1v) is 4.01. The Morgan fingerprint density at radius 2 is 2.21 bits per heavy atom. The number of aromatic nitrogens is 1. The highest BCUT2D eigenvalue weighted by molar-refractivity contribution is 5.56. The average molecular weight is 204 g/mol. The van der Waals surface area contributed by atoms with Crippen molar-refractivity contribution < 1.29 is 17.9 Å². The van der Waals surface area contributed by atoms with Crippen LogP contribution in [0.15, 0.2) is 12.3 Å². The Bertz CT molecular complexity index is 351. The Morgan fingerprint density at radius 3 is 2.93 bits per heavy atom. The molecule has 0 fully saturated rings. The molecule has 76 valence electrons. The number of hydrogen-bond donors (Lipinski definition) is 1. The molecule has 0 bridgehead atoms. The lowest BCUT2D eigenvalue weighted by Crippen LogP contribution is -2.19. The van der Waals surface area contributed by atoms with Gasteiger partial charge in [0, 0.05) is 12.6 Å². The summed E-state index contributed by atoms with van der Waals surface area (Å²) in [5, 5.41) is 2.89. The van der Waals surface area contributed by atoms with Crippen molar-refractivity contribution in [3.63, 3.8) is 0 Å². The molecule has 0 aliphatic carbocycles. The van der Waals surface area contributed by atoms with Crippen LogP contribution in [-0.2, 0) is 6.18 Å². The van der Waals surface area contributed by atoms with Gasteiger partial charge in [-0.25, -0.2) is 4.98 Å². The first-order chi connectivity index (χ1) is 6.57. The maximum Gasteiger partial charge on any atom is 0.433 e. The van der Waals surface area contributed by atoms with E-state index in [2.05, 4.69) is 10.3 Å². The first kappa shape index (κ1) is 9.11. The molecule has 0 atom stereocenters. The number of rotatable bonds is 0. The zero-order chi connectivity index (χ0) is 10.2. The van der Waals surface area contributed by atoms with E-state index in [1.165, 1.54) is 0 Å². The van der Waals surface area contributed by atoms with Crippen molar-refractivity contribution in [3.8, 4) is 5.75 Å². The van der Waals surface area contributed by atoms with Gasteiger partial charge in [0.15, 0.2) is 0 Å². The average Bonchev–Trinajstić information content (AvgIpc) is 2.16. The Balaban J connectivity index is 2.39. The summed E-state index contributed by atoms with van der Waals surface area (Å²) in [7, 11) is 0. The summed E-state index contributed by atoms with van der Waals surface area (Å²) in [4.78, 5) is 3.30. The van der Waals surface area contributed by atoms with E-state index in [9.17, 15) is 13.2 Å². The molecule has 3 nitrogen and oxygen atoms in total. The van der Waals surface area contributed by atoms with E-state index < -0.39 is 11.9 Å². The Morgan fingerprint density at radius 1 is 1.43 bits per heavy atom. The lowest BCUT2D eigenvalue weighted by molar-refractivity contribution is -0.141. The fourth-order valence-electron chi connectivity index (χ4n) is 1.19. The number of fused-ring (bicyclic) bond motifs is 1. The van der Waals surface area contributed by atoms with Gasteiger partial charge in [-0.15, -0.1) is 0 Å². The van der Waals surface area contributed by atoms with Crippen LogP contribution in [0, 0.1) is 0 Å². The molecule has 0 amide bonds. The quantitative estimate of drug-likeness (QED) is 0.700. The van der Waals surface area contributed by atoms with Gasteiger partial charge in [0.1, 0.15) is 18.1 Å². The molecule has 2 rings (SSSR count). The zero-order valence-electron chi connectivity index (χ0n) is 7.06. The maximum atomic E-state index is 12.2. The summed E-state index contributed by atoms with van der Waals surface area (Å²) in [5.41, 5.74) is -0.427. The van der Waals surface area contributed by atoms with E-state index in [0.717, 1.165) is 12.3 Å². The first-order valence-electron chi connectivity index (χ1n) is 4.01. The highest BCUT2D eigenvalue weighted by atomic mass is 19.4. The van der Waals surface area contributed by atoms with Crippen LogP contribution in [0.3, 0.4) is 0 Å². The van der Waals surface area contributed by atoms with Gasteiger partial charge in [-0.1, -0.05) is 0 Å². The molecule has 0 saturated heterocycles. The molecule has 6 heteroatoms. The van der Waals surface area contributed by atoms with Crippen LogP contribution in [0.1, 0.15) is 5.69 Å². The van der Waals surface area contributed by atoms with Gasteiger partial charge >= 0.3 is 6.18 Å². The molecule has 0 saturated carbocycles. The lowest BCUT2D eigenvalue weighted by atomic mass is 10.3. The van der Waals surface area contributed by atoms with Crippen LogP contribution in [0.5, 0.6) is 5.75 Å². The number of ether oxygens (including phenoxy) is 1. The van der Waals surface area contributed by atoms with Crippen LogP contribution in [0.2, 0.25) is 0 Å². The van der Waals surface area contributed by atoms with Crippen LogP contribution in [0.25, 0.3) is 0 Å². The van der Waals surface area contributed by atoms with Crippen molar-refractivity contribution in [3.05, 3.63) is 18.0 Å². The van der Waals surface area contributed by atoms with Gasteiger partial charge in [-0.2, -0.15) is 13.2 Å². The Kier molecular flexibility index (Phi) is 1.98.